The predicted molar refractivity (Wildman–Crippen MR) is 111 cm³/mol. The Morgan fingerprint density at radius 3 is 2.58 bits per heavy atom. The summed E-state index contributed by atoms with van der Waals surface area (Å²) in [5.41, 5.74) is 3.46. The number of hydrazone groups is 1. The Morgan fingerprint density at radius 1 is 1.38 bits per heavy atom. The fourth-order valence-corrected chi connectivity index (χ4v) is 2.00. The quantitative estimate of drug-likeness (QED) is 0.145. The molecule has 26 heavy (non-hydrogen) atoms. The minimum Gasteiger partial charge on any atom is -0.466 e. The van der Waals surface area contributed by atoms with E-state index in [1.165, 1.54) is 0 Å². The van der Waals surface area contributed by atoms with Gasteiger partial charge in [0, 0.05) is 13.0 Å². The molecule has 1 aromatic rings. The number of carbonyl (C=O) groups excluding carboxylic acids is 1. The molecule has 0 aliphatic heterocycles. The van der Waals surface area contributed by atoms with Gasteiger partial charge in [0.05, 0.1) is 6.21 Å². The summed E-state index contributed by atoms with van der Waals surface area (Å²) in [4.78, 5) is 11.5. The Labute approximate surface area is 172 Å². The van der Waals surface area contributed by atoms with Crippen molar-refractivity contribution in [2.75, 3.05) is 6.54 Å². The molecule has 0 fully saturated rings. The Kier molecular flexibility index (Phi) is 9.72. The van der Waals surface area contributed by atoms with Crippen LogP contribution in [0.2, 0.25) is 0 Å². The van der Waals surface area contributed by atoms with Gasteiger partial charge in [-0.3, -0.25) is 10.2 Å². The molecule has 10 heteroatoms. The zero-order valence-electron chi connectivity index (χ0n) is 14.0. The maximum Gasteiger partial charge on any atom is 0.246 e. The highest BCUT2D eigenvalue weighted by molar-refractivity contribution is 7.80. The van der Waals surface area contributed by atoms with Gasteiger partial charge in [0.1, 0.15) is 5.75 Å². The first-order valence-electron chi connectivity index (χ1n) is 7.56. The summed E-state index contributed by atoms with van der Waals surface area (Å²) in [6.45, 7) is 5.81. The second-order valence-electron chi connectivity index (χ2n) is 4.90. The molecule has 142 valence electrons. The van der Waals surface area contributed by atoms with Crippen LogP contribution in [-0.4, -0.2) is 33.8 Å². The fraction of sp³-hybridized carbons (Fsp3) is 0.312. The lowest BCUT2D eigenvalue weighted by Crippen LogP contribution is -2.47. The van der Waals surface area contributed by atoms with Crippen molar-refractivity contribution in [3.8, 4) is 5.75 Å². The summed E-state index contributed by atoms with van der Waals surface area (Å²) in [6.07, 6.45) is 2.39. The second kappa shape index (κ2) is 11.2. The van der Waals surface area contributed by atoms with Crippen LogP contribution in [0.25, 0.3) is 0 Å². The monoisotopic (exact) mass is 436 g/mol. The van der Waals surface area contributed by atoms with Gasteiger partial charge in [-0.2, -0.15) is 5.10 Å². The third-order valence-corrected chi connectivity index (χ3v) is 3.66. The van der Waals surface area contributed by atoms with Crippen molar-refractivity contribution >= 4 is 64.3 Å². The first kappa shape index (κ1) is 22.5. The number of nitrogens with zero attached hydrogens (tertiary/aromatic N) is 1. The summed E-state index contributed by atoms with van der Waals surface area (Å²) >= 11 is 22.6. The molecule has 1 aromatic carbocycles. The molecule has 0 bridgehead atoms. The first-order valence-corrected chi connectivity index (χ1v) is 9.11. The van der Waals surface area contributed by atoms with E-state index in [0.29, 0.717) is 17.4 Å². The van der Waals surface area contributed by atoms with Crippen LogP contribution < -0.4 is 20.8 Å². The van der Waals surface area contributed by atoms with Crippen molar-refractivity contribution in [3.05, 3.63) is 42.5 Å². The van der Waals surface area contributed by atoms with E-state index >= 15 is 0 Å². The summed E-state index contributed by atoms with van der Waals surface area (Å²) in [6, 6.07) is 6.82. The largest absolute Gasteiger partial charge is 0.466 e. The molecular formula is C16H19Cl3N4O2S. The molecule has 3 N–H and O–H groups in total. The van der Waals surface area contributed by atoms with Gasteiger partial charge in [0.25, 0.3) is 0 Å². The Morgan fingerprint density at radius 2 is 2.04 bits per heavy atom. The molecule has 0 radical (unpaired) electrons. The van der Waals surface area contributed by atoms with Gasteiger partial charge in [0.2, 0.25) is 15.9 Å². The highest BCUT2D eigenvalue weighted by Crippen LogP contribution is 2.32. The van der Waals surface area contributed by atoms with Crippen LogP contribution in [0.1, 0.15) is 18.9 Å². The minimum atomic E-state index is -1.82. The summed E-state index contributed by atoms with van der Waals surface area (Å²) < 4.78 is 3.75. The van der Waals surface area contributed by atoms with Crippen molar-refractivity contribution in [2.45, 2.75) is 23.4 Å². The number of hydrogen-bond acceptors (Lipinski definition) is 4. The van der Waals surface area contributed by atoms with Crippen LogP contribution in [0.4, 0.5) is 0 Å². The zero-order chi connectivity index (χ0) is 19.6. The third-order valence-electron chi connectivity index (χ3n) is 2.83. The molecule has 1 atom stereocenters. The Bertz CT molecular complexity index is 648. The highest BCUT2D eigenvalue weighted by Gasteiger charge is 2.35. The van der Waals surface area contributed by atoms with Gasteiger partial charge in [-0.25, -0.2) is 0 Å². The SMILES string of the molecule is C=CCNC(=S)N/N=C\c1ccc(O[C@@H](NC(=O)CC)C(Cl)(Cl)Cl)cc1. The van der Waals surface area contributed by atoms with Crippen molar-refractivity contribution in [3.63, 3.8) is 0 Å². The molecule has 0 aliphatic rings. The summed E-state index contributed by atoms with van der Waals surface area (Å²) in [7, 11) is 0. The highest BCUT2D eigenvalue weighted by atomic mass is 35.6. The standard InChI is InChI=1S/C16H19Cl3N4O2S/c1-3-9-20-15(26)23-21-10-11-5-7-12(8-6-11)25-14(16(17,18)19)22-13(24)4-2/h3,5-8,10,14H,1,4,9H2,2H3,(H,22,24)(H2,20,23,26)/b21-10-/t14-/m1/s1. The van der Waals surface area contributed by atoms with Crippen LogP contribution in [0.5, 0.6) is 5.75 Å². The summed E-state index contributed by atoms with van der Waals surface area (Å²) in [5, 5.41) is 9.78. The van der Waals surface area contributed by atoms with E-state index in [1.54, 1.807) is 43.5 Å². The Hall–Kier alpha value is -1.54. The number of carbonyl (C=O) groups is 1. The lowest BCUT2D eigenvalue weighted by atomic mass is 10.2. The molecule has 1 rings (SSSR count). The van der Waals surface area contributed by atoms with E-state index in [2.05, 4.69) is 27.7 Å². The molecule has 0 saturated carbocycles. The van der Waals surface area contributed by atoms with Gasteiger partial charge in [-0.15, -0.1) is 6.58 Å². The van der Waals surface area contributed by atoms with E-state index < -0.39 is 10.0 Å². The maximum absolute atomic E-state index is 11.5. The molecule has 0 saturated heterocycles. The fourth-order valence-electron chi connectivity index (χ4n) is 1.56. The summed E-state index contributed by atoms with van der Waals surface area (Å²) in [5.74, 6) is 0.128. The topological polar surface area (TPSA) is 74.8 Å². The van der Waals surface area contributed by atoms with Crippen LogP contribution in [-0.2, 0) is 4.79 Å². The third kappa shape index (κ3) is 8.71. The van der Waals surface area contributed by atoms with E-state index in [4.69, 9.17) is 51.8 Å². The molecule has 0 heterocycles. The Balaban J connectivity index is 2.66. The number of thiocarbonyl (C=S) groups is 1. The molecule has 0 aliphatic carbocycles. The average Bonchev–Trinajstić information content (AvgIpc) is 2.59. The smallest absolute Gasteiger partial charge is 0.246 e. The number of halogens is 3. The number of benzene rings is 1. The van der Waals surface area contributed by atoms with Crippen LogP contribution >= 0.6 is 47.0 Å². The van der Waals surface area contributed by atoms with Gasteiger partial charge in [-0.1, -0.05) is 47.8 Å². The number of rotatable bonds is 8. The molecule has 0 unspecified atom stereocenters. The van der Waals surface area contributed by atoms with E-state index in [1.807, 2.05) is 0 Å². The second-order valence-corrected chi connectivity index (χ2v) is 7.68. The van der Waals surface area contributed by atoms with Gasteiger partial charge in [0.15, 0.2) is 5.11 Å². The number of nitrogens with one attached hydrogen (secondary N) is 3. The molecular weight excluding hydrogens is 419 g/mol. The van der Waals surface area contributed by atoms with Crippen molar-refractivity contribution < 1.29 is 9.53 Å². The maximum atomic E-state index is 11.5. The zero-order valence-corrected chi connectivity index (χ0v) is 17.1. The number of ether oxygens (including phenoxy) is 1. The van der Waals surface area contributed by atoms with Gasteiger partial charge >= 0.3 is 0 Å². The lowest BCUT2D eigenvalue weighted by Gasteiger charge is -2.26. The van der Waals surface area contributed by atoms with E-state index in [-0.39, 0.29) is 12.3 Å². The lowest BCUT2D eigenvalue weighted by molar-refractivity contribution is -0.123. The first-order chi connectivity index (χ1) is 12.3. The van der Waals surface area contributed by atoms with Crippen molar-refractivity contribution in [1.82, 2.24) is 16.1 Å². The number of alkyl halides is 3. The van der Waals surface area contributed by atoms with Crippen LogP contribution in [0.3, 0.4) is 0 Å². The molecule has 6 nitrogen and oxygen atoms in total. The molecule has 1 amide bonds. The van der Waals surface area contributed by atoms with Crippen molar-refractivity contribution in [1.29, 1.82) is 0 Å². The van der Waals surface area contributed by atoms with E-state index in [0.717, 1.165) is 5.56 Å². The minimum absolute atomic E-state index is 0.243. The number of hydrogen-bond donors (Lipinski definition) is 3. The van der Waals surface area contributed by atoms with Crippen molar-refractivity contribution in [2.24, 2.45) is 5.10 Å². The average molecular weight is 438 g/mol. The molecule has 0 aromatic heterocycles. The predicted octanol–water partition coefficient (Wildman–Crippen LogP) is 3.27. The van der Waals surface area contributed by atoms with E-state index in [9.17, 15) is 4.79 Å². The normalized spacial score (nSPS) is 12.3. The van der Waals surface area contributed by atoms with Gasteiger partial charge in [-0.05, 0) is 42.0 Å². The number of amides is 1. The molecule has 0 spiro atoms. The van der Waals surface area contributed by atoms with Crippen LogP contribution in [0, 0.1) is 0 Å². The van der Waals surface area contributed by atoms with Crippen LogP contribution in [0.15, 0.2) is 42.0 Å². The van der Waals surface area contributed by atoms with Gasteiger partial charge < -0.3 is 15.4 Å².